The highest BCUT2D eigenvalue weighted by atomic mass is 16.6. The van der Waals surface area contributed by atoms with Crippen LogP contribution in [0.2, 0.25) is 0 Å². The van der Waals surface area contributed by atoms with Crippen LogP contribution in [0.3, 0.4) is 0 Å². The van der Waals surface area contributed by atoms with Crippen LogP contribution in [0.5, 0.6) is 0 Å². The van der Waals surface area contributed by atoms with E-state index in [1.54, 1.807) is 19.1 Å². The van der Waals surface area contributed by atoms with Crippen LogP contribution in [0.15, 0.2) is 18.2 Å². The number of benzene rings is 1. The minimum absolute atomic E-state index is 0.0770. The number of aryl methyl sites for hydroxylation is 1. The predicted octanol–water partition coefficient (Wildman–Crippen LogP) is 1.84. The van der Waals surface area contributed by atoms with Gasteiger partial charge in [-0.25, -0.2) is 0 Å². The minimum Gasteiger partial charge on any atom is -0.320 e. The number of hydrogen-bond acceptors (Lipinski definition) is 4. The highest BCUT2D eigenvalue weighted by molar-refractivity contribution is 5.93. The van der Waals surface area contributed by atoms with Crippen molar-refractivity contribution in [3.05, 3.63) is 33.9 Å². The molecule has 0 radical (unpaired) electrons. The molecule has 0 unspecified atom stereocenters. The molecule has 0 spiro atoms. The van der Waals surface area contributed by atoms with Crippen LogP contribution in [0.25, 0.3) is 0 Å². The molecular formula is C12H17N3O3. The molecule has 1 amide bonds. The molecule has 1 aromatic rings. The van der Waals surface area contributed by atoms with Gasteiger partial charge in [0.25, 0.3) is 5.69 Å². The topological polar surface area (TPSA) is 84.3 Å². The normalized spacial score (nSPS) is 10.1. The molecule has 0 aliphatic carbocycles. The Bertz CT molecular complexity index is 446. The Kier molecular flexibility index (Phi) is 5.26. The average Bonchev–Trinajstić information content (AvgIpc) is 2.31. The fourth-order valence-electron chi connectivity index (χ4n) is 1.49. The van der Waals surface area contributed by atoms with Gasteiger partial charge in [0.1, 0.15) is 5.69 Å². The van der Waals surface area contributed by atoms with Gasteiger partial charge in [-0.3, -0.25) is 14.9 Å². The lowest BCUT2D eigenvalue weighted by molar-refractivity contribution is -0.384. The fourth-order valence-corrected chi connectivity index (χ4v) is 1.49. The first-order valence-corrected chi connectivity index (χ1v) is 5.80. The summed E-state index contributed by atoms with van der Waals surface area (Å²) in [5.41, 5.74) is 0.950. The first-order valence-electron chi connectivity index (χ1n) is 5.80. The van der Waals surface area contributed by atoms with Crippen molar-refractivity contribution in [1.82, 2.24) is 5.32 Å². The summed E-state index contributed by atoms with van der Waals surface area (Å²) in [7, 11) is 0. The molecule has 0 saturated carbocycles. The van der Waals surface area contributed by atoms with E-state index in [1.165, 1.54) is 6.07 Å². The largest absolute Gasteiger partial charge is 0.320 e. The van der Waals surface area contributed by atoms with Crippen molar-refractivity contribution in [2.45, 2.75) is 20.3 Å². The van der Waals surface area contributed by atoms with E-state index in [-0.39, 0.29) is 17.3 Å². The summed E-state index contributed by atoms with van der Waals surface area (Å²) in [6, 6.07) is 4.73. The predicted molar refractivity (Wildman–Crippen MR) is 69.6 cm³/mol. The maximum atomic E-state index is 11.6. The van der Waals surface area contributed by atoms with Crippen molar-refractivity contribution in [2.75, 3.05) is 18.4 Å². The number of nitro benzene ring substituents is 1. The van der Waals surface area contributed by atoms with Gasteiger partial charge in [-0.05, 0) is 25.1 Å². The summed E-state index contributed by atoms with van der Waals surface area (Å²) < 4.78 is 0. The Morgan fingerprint density at radius 3 is 2.78 bits per heavy atom. The Morgan fingerprint density at radius 1 is 1.44 bits per heavy atom. The highest BCUT2D eigenvalue weighted by Crippen LogP contribution is 2.25. The number of nitrogens with zero attached hydrogens (tertiary/aromatic N) is 1. The molecule has 1 rings (SSSR count). The van der Waals surface area contributed by atoms with Crippen LogP contribution in [-0.2, 0) is 4.79 Å². The molecule has 98 valence electrons. The summed E-state index contributed by atoms with van der Waals surface area (Å²) in [4.78, 5) is 21.9. The van der Waals surface area contributed by atoms with E-state index in [1.807, 2.05) is 6.92 Å². The summed E-state index contributed by atoms with van der Waals surface area (Å²) in [6.45, 7) is 5.06. The number of hydrogen-bond donors (Lipinski definition) is 2. The SMILES string of the molecule is CCNCCC(=O)Nc1ccc(C)cc1[N+](=O)[O-]. The van der Waals surface area contributed by atoms with Crippen molar-refractivity contribution in [2.24, 2.45) is 0 Å². The number of nitro groups is 1. The second-order valence-electron chi connectivity index (χ2n) is 3.93. The smallest absolute Gasteiger partial charge is 0.293 e. The average molecular weight is 251 g/mol. The van der Waals surface area contributed by atoms with Gasteiger partial charge in [0.05, 0.1) is 4.92 Å². The van der Waals surface area contributed by atoms with E-state index in [9.17, 15) is 14.9 Å². The molecule has 0 fully saturated rings. The minimum atomic E-state index is -0.493. The van der Waals surface area contributed by atoms with E-state index >= 15 is 0 Å². The molecule has 18 heavy (non-hydrogen) atoms. The second kappa shape index (κ2) is 6.70. The van der Waals surface area contributed by atoms with Crippen molar-refractivity contribution >= 4 is 17.3 Å². The second-order valence-corrected chi connectivity index (χ2v) is 3.93. The van der Waals surface area contributed by atoms with Crippen LogP contribution in [0.4, 0.5) is 11.4 Å². The van der Waals surface area contributed by atoms with Gasteiger partial charge in [0.2, 0.25) is 5.91 Å². The van der Waals surface area contributed by atoms with Gasteiger partial charge in [0, 0.05) is 19.0 Å². The van der Waals surface area contributed by atoms with Crippen LogP contribution >= 0.6 is 0 Å². The highest BCUT2D eigenvalue weighted by Gasteiger charge is 2.15. The third kappa shape index (κ3) is 4.14. The lowest BCUT2D eigenvalue weighted by atomic mass is 10.2. The Balaban J connectivity index is 2.72. The molecule has 0 saturated heterocycles. The van der Waals surface area contributed by atoms with Gasteiger partial charge >= 0.3 is 0 Å². The van der Waals surface area contributed by atoms with Crippen LogP contribution in [0, 0.1) is 17.0 Å². The molecule has 6 nitrogen and oxygen atoms in total. The third-order valence-corrected chi connectivity index (χ3v) is 2.40. The van der Waals surface area contributed by atoms with Crippen molar-refractivity contribution in [1.29, 1.82) is 0 Å². The van der Waals surface area contributed by atoms with Gasteiger partial charge in [-0.2, -0.15) is 0 Å². The molecule has 2 N–H and O–H groups in total. The Hall–Kier alpha value is -1.95. The first kappa shape index (κ1) is 14.1. The number of rotatable bonds is 6. The number of anilines is 1. The Labute approximate surface area is 106 Å². The quantitative estimate of drug-likeness (QED) is 0.459. The lowest BCUT2D eigenvalue weighted by Crippen LogP contribution is -2.21. The number of carbonyl (C=O) groups is 1. The number of nitrogens with one attached hydrogen (secondary N) is 2. The summed E-state index contributed by atoms with van der Waals surface area (Å²) in [5, 5.41) is 16.4. The van der Waals surface area contributed by atoms with E-state index in [0.717, 1.165) is 12.1 Å². The van der Waals surface area contributed by atoms with E-state index in [4.69, 9.17) is 0 Å². The van der Waals surface area contributed by atoms with Gasteiger partial charge in [-0.1, -0.05) is 13.0 Å². The monoisotopic (exact) mass is 251 g/mol. The summed E-state index contributed by atoms with van der Waals surface area (Å²) in [5.74, 6) is -0.233. The molecule has 0 atom stereocenters. The van der Waals surface area contributed by atoms with Crippen LogP contribution < -0.4 is 10.6 Å². The van der Waals surface area contributed by atoms with E-state index in [2.05, 4.69) is 10.6 Å². The fraction of sp³-hybridized carbons (Fsp3) is 0.417. The van der Waals surface area contributed by atoms with Crippen molar-refractivity contribution in [3.8, 4) is 0 Å². The number of amides is 1. The molecule has 0 aliphatic heterocycles. The molecule has 0 aromatic heterocycles. The summed E-state index contributed by atoms with van der Waals surface area (Å²) in [6.07, 6.45) is 0.291. The maximum absolute atomic E-state index is 11.6. The molecule has 0 heterocycles. The zero-order chi connectivity index (χ0) is 13.5. The third-order valence-electron chi connectivity index (χ3n) is 2.40. The van der Waals surface area contributed by atoms with Crippen LogP contribution in [-0.4, -0.2) is 23.9 Å². The first-order chi connectivity index (χ1) is 8.54. The molecule has 6 heteroatoms. The van der Waals surface area contributed by atoms with Crippen molar-refractivity contribution < 1.29 is 9.72 Å². The maximum Gasteiger partial charge on any atom is 0.293 e. The zero-order valence-corrected chi connectivity index (χ0v) is 10.5. The van der Waals surface area contributed by atoms with Crippen LogP contribution in [0.1, 0.15) is 18.9 Å². The standard InChI is InChI=1S/C12H17N3O3/c1-3-13-7-6-12(16)14-10-5-4-9(2)8-11(10)15(17)18/h4-5,8,13H,3,6-7H2,1-2H3,(H,14,16). The van der Waals surface area contributed by atoms with Crippen molar-refractivity contribution in [3.63, 3.8) is 0 Å². The summed E-state index contributed by atoms with van der Waals surface area (Å²) >= 11 is 0. The molecule has 1 aromatic carbocycles. The number of carbonyl (C=O) groups excluding carboxylic acids is 1. The lowest BCUT2D eigenvalue weighted by Gasteiger charge is -2.06. The molecule has 0 bridgehead atoms. The molecule has 0 aliphatic rings. The molecular weight excluding hydrogens is 234 g/mol. The van der Waals surface area contributed by atoms with E-state index in [0.29, 0.717) is 13.0 Å². The zero-order valence-electron chi connectivity index (χ0n) is 10.5. The van der Waals surface area contributed by atoms with E-state index < -0.39 is 4.92 Å². The Morgan fingerprint density at radius 2 is 2.17 bits per heavy atom. The van der Waals surface area contributed by atoms with Gasteiger partial charge in [0.15, 0.2) is 0 Å². The van der Waals surface area contributed by atoms with Gasteiger partial charge < -0.3 is 10.6 Å². The van der Waals surface area contributed by atoms with Gasteiger partial charge in [-0.15, -0.1) is 0 Å².